The van der Waals surface area contributed by atoms with Gasteiger partial charge in [-0.25, -0.2) is 0 Å². The lowest BCUT2D eigenvalue weighted by atomic mass is 9.33. The number of carboxylic acids is 1. The zero-order valence-electron chi connectivity index (χ0n) is 37.2. The van der Waals surface area contributed by atoms with Crippen LogP contribution in [0.15, 0.2) is 11.1 Å². The molecule has 6 fully saturated rings. The molecule has 0 aromatic carbocycles. The van der Waals surface area contributed by atoms with E-state index in [1.165, 1.54) is 5.57 Å². The minimum Gasteiger partial charge on any atom is -0.481 e. The third-order valence-corrected chi connectivity index (χ3v) is 18.4. The first-order chi connectivity index (χ1) is 27.0. The molecular weight excluding hydrogens is 733 g/mol. The van der Waals surface area contributed by atoms with Crippen molar-refractivity contribution in [2.45, 2.75) is 171 Å². The average Bonchev–Trinajstić information content (AvgIpc) is 3.66. The lowest BCUT2D eigenvalue weighted by Crippen LogP contribution is -2.66. The quantitative estimate of drug-likeness (QED) is 0.189. The van der Waals surface area contributed by atoms with Crippen molar-refractivity contribution < 1.29 is 38.9 Å². The van der Waals surface area contributed by atoms with E-state index in [0.29, 0.717) is 50.1 Å². The van der Waals surface area contributed by atoms with Gasteiger partial charge in [-0.3, -0.25) is 24.0 Å². The van der Waals surface area contributed by atoms with Gasteiger partial charge in [-0.05, 0) is 136 Å². The highest BCUT2D eigenvalue weighted by molar-refractivity contribution is 6.01. The summed E-state index contributed by atoms with van der Waals surface area (Å²) < 4.78 is 6.18. The fraction of sp³-hybridized carbons (Fsp3) is 0.854. The number of esters is 1. The van der Waals surface area contributed by atoms with Gasteiger partial charge in [-0.1, -0.05) is 60.5 Å². The van der Waals surface area contributed by atoms with Gasteiger partial charge in [-0.15, -0.1) is 0 Å². The smallest absolute Gasteiger partial charge is 0.309 e. The maximum absolute atomic E-state index is 14.3. The molecule has 0 aromatic rings. The number of carbonyl (C=O) groups is 5. The van der Waals surface area contributed by atoms with E-state index in [0.717, 1.165) is 76.2 Å². The fourth-order valence-electron chi connectivity index (χ4n) is 14.7. The maximum Gasteiger partial charge on any atom is 0.309 e. The Bertz CT molecular complexity index is 1730. The molecule has 9 atom stereocenters. The van der Waals surface area contributed by atoms with E-state index in [-0.39, 0.29) is 76.7 Å². The van der Waals surface area contributed by atoms with Crippen LogP contribution in [-0.2, 0) is 28.7 Å². The van der Waals surface area contributed by atoms with Crippen LogP contribution in [0, 0.1) is 62.1 Å². The van der Waals surface area contributed by atoms with Gasteiger partial charge < -0.3 is 24.7 Å². The molecule has 7 aliphatic rings. The summed E-state index contributed by atoms with van der Waals surface area (Å²) in [5, 5.41) is 22.3. The molecule has 2 amide bonds. The molecule has 2 N–H and O–H groups in total. The number of allylic oxidation sites excluding steroid dienone is 1. The third kappa shape index (κ3) is 6.80. The summed E-state index contributed by atoms with van der Waals surface area (Å²) in [5.74, 6) is 0.0205. The molecule has 1 aliphatic heterocycles. The van der Waals surface area contributed by atoms with Crippen molar-refractivity contribution in [3.05, 3.63) is 11.1 Å². The Morgan fingerprint density at radius 2 is 1.60 bits per heavy atom. The molecule has 0 spiro atoms. The molecule has 7 rings (SSSR count). The molecule has 0 radical (unpaired) electrons. The first-order valence-corrected chi connectivity index (χ1v) is 23.0. The van der Waals surface area contributed by atoms with E-state index < -0.39 is 28.9 Å². The number of rotatable bonds is 12. The molecule has 1 saturated heterocycles. The van der Waals surface area contributed by atoms with Gasteiger partial charge in [0, 0.05) is 43.3 Å². The second-order valence-electron chi connectivity index (χ2n) is 22.6. The Morgan fingerprint density at radius 3 is 2.21 bits per heavy atom. The number of carbonyl (C=O) groups excluding carboxylic acids is 4. The number of ether oxygens (including phenoxy) is 1. The Labute approximate surface area is 347 Å². The van der Waals surface area contributed by atoms with E-state index in [1.807, 2.05) is 4.90 Å². The molecule has 5 saturated carbocycles. The Morgan fingerprint density at radius 1 is 0.897 bits per heavy atom. The molecular formula is C48H74N2O8. The van der Waals surface area contributed by atoms with E-state index in [1.54, 1.807) is 18.7 Å². The standard InChI is InChI=1S/C48H74N2O8/c1-29(2)40-32(51)24-48(35(52)27-50(26-30-12-10-13-30)38(54)28-49-23-11-14-37(49)53)22-21-46(8)31(41(40)48)15-16-34-45(7)19-18-36(58-39(55)25-43(3,4)42(56)57)44(5,6)33(45)17-20-47(34,46)9/h29-31,33-36,52H,10-28H2,1-9H3,(H,56,57)/t31-,33?,34-,35+,36+,45+,46-,47-,48+/m1/s1. The van der Waals surface area contributed by atoms with Crippen LogP contribution in [0.5, 0.6) is 0 Å². The molecule has 10 nitrogen and oxygen atoms in total. The van der Waals surface area contributed by atoms with Crippen LogP contribution in [0.4, 0.5) is 0 Å². The number of nitrogens with zero attached hydrogens (tertiary/aromatic N) is 2. The normalized spacial score (nSPS) is 37.7. The maximum atomic E-state index is 14.3. The second-order valence-corrected chi connectivity index (χ2v) is 22.6. The van der Waals surface area contributed by atoms with Crippen molar-refractivity contribution in [2.24, 2.45) is 62.1 Å². The highest BCUT2D eigenvalue weighted by Crippen LogP contribution is 2.77. The van der Waals surface area contributed by atoms with Crippen molar-refractivity contribution in [1.29, 1.82) is 0 Å². The average molecular weight is 807 g/mol. The van der Waals surface area contributed by atoms with E-state index in [9.17, 15) is 34.2 Å². The molecule has 1 unspecified atom stereocenters. The summed E-state index contributed by atoms with van der Waals surface area (Å²) in [7, 11) is 0. The van der Waals surface area contributed by atoms with Crippen molar-refractivity contribution >= 4 is 29.5 Å². The predicted octanol–water partition coefficient (Wildman–Crippen LogP) is 7.99. The molecule has 0 bridgehead atoms. The van der Waals surface area contributed by atoms with E-state index in [2.05, 4.69) is 48.5 Å². The largest absolute Gasteiger partial charge is 0.481 e. The Kier molecular flexibility index (Phi) is 11.2. The van der Waals surface area contributed by atoms with Gasteiger partial charge in [0.15, 0.2) is 5.78 Å². The fourth-order valence-corrected chi connectivity index (χ4v) is 14.7. The number of likely N-dealkylation sites (tertiary alicyclic amines) is 1. The summed E-state index contributed by atoms with van der Waals surface area (Å²) >= 11 is 0. The van der Waals surface area contributed by atoms with Crippen LogP contribution in [-0.4, -0.2) is 87.9 Å². The zero-order valence-corrected chi connectivity index (χ0v) is 37.2. The SMILES string of the molecule is CC(C)C1=C2[C@H]3CC[C@@H]4[C@@]5(C)CC[C@H](OC(=O)CC(C)(C)C(=O)O)C(C)(C)C5CC[C@@]4(C)[C@]3(C)CC[C@@]2([C@@H](O)CN(CC2CCC2)C(=O)CN2CCCC2=O)CC1=O. The molecule has 1 heterocycles. The highest BCUT2D eigenvalue weighted by Gasteiger charge is 2.71. The van der Waals surface area contributed by atoms with Crippen molar-refractivity contribution in [3.8, 4) is 0 Å². The number of hydrogen-bond donors (Lipinski definition) is 2. The number of Topliss-reactive ketones (excluding diaryl/α,β-unsaturated/α-hetero) is 1. The van der Waals surface area contributed by atoms with Crippen LogP contribution in [0.1, 0.15) is 159 Å². The zero-order chi connectivity index (χ0) is 42.4. The summed E-state index contributed by atoms with van der Waals surface area (Å²) in [6, 6.07) is 0. The number of aliphatic hydroxyl groups is 1. The number of ketones is 1. The van der Waals surface area contributed by atoms with Crippen LogP contribution in [0.3, 0.4) is 0 Å². The predicted molar refractivity (Wildman–Crippen MR) is 221 cm³/mol. The molecule has 10 heteroatoms. The summed E-state index contributed by atoms with van der Waals surface area (Å²) in [4.78, 5) is 69.3. The summed E-state index contributed by atoms with van der Waals surface area (Å²) in [6.07, 6.45) is 10.9. The monoisotopic (exact) mass is 807 g/mol. The molecule has 324 valence electrons. The van der Waals surface area contributed by atoms with Crippen molar-refractivity contribution in [1.82, 2.24) is 9.80 Å². The minimum absolute atomic E-state index is 0.0153. The van der Waals surface area contributed by atoms with Gasteiger partial charge >= 0.3 is 11.9 Å². The van der Waals surface area contributed by atoms with Gasteiger partial charge in [0.1, 0.15) is 6.10 Å². The van der Waals surface area contributed by atoms with Gasteiger partial charge in [0.25, 0.3) is 0 Å². The van der Waals surface area contributed by atoms with Crippen molar-refractivity contribution in [3.63, 3.8) is 0 Å². The van der Waals surface area contributed by atoms with Crippen LogP contribution >= 0.6 is 0 Å². The molecule has 6 aliphatic carbocycles. The van der Waals surface area contributed by atoms with Crippen LogP contribution in [0.2, 0.25) is 0 Å². The summed E-state index contributed by atoms with van der Waals surface area (Å²) in [6.45, 7) is 20.9. The Hall–Kier alpha value is -2.75. The number of fused-ring (bicyclic) bond motifs is 7. The van der Waals surface area contributed by atoms with E-state index in [4.69, 9.17) is 4.74 Å². The number of aliphatic carboxylic acids is 1. The van der Waals surface area contributed by atoms with Gasteiger partial charge in [0.2, 0.25) is 11.8 Å². The first kappa shape index (κ1) is 43.3. The van der Waals surface area contributed by atoms with Crippen LogP contribution in [0.25, 0.3) is 0 Å². The number of carboxylic acid groups (broad SMARTS) is 1. The molecule has 0 aromatic heterocycles. The first-order valence-electron chi connectivity index (χ1n) is 23.0. The number of aliphatic hydroxyl groups excluding tert-OH is 1. The number of hydrogen-bond acceptors (Lipinski definition) is 7. The Balaban J connectivity index is 1.15. The second kappa shape index (κ2) is 15.0. The highest BCUT2D eigenvalue weighted by atomic mass is 16.5. The van der Waals surface area contributed by atoms with Crippen LogP contribution < -0.4 is 0 Å². The summed E-state index contributed by atoms with van der Waals surface area (Å²) in [5.41, 5.74) is -0.142. The topological polar surface area (TPSA) is 142 Å². The lowest BCUT2D eigenvalue weighted by Gasteiger charge is -2.72. The minimum atomic E-state index is -1.19. The molecule has 58 heavy (non-hydrogen) atoms. The van der Waals surface area contributed by atoms with E-state index >= 15 is 0 Å². The lowest BCUT2D eigenvalue weighted by molar-refractivity contribution is -0.235. The van der Waals surface area contributed by atoms with Crippen molar-refractivity contribution in [2.75, 3.05) is 26.2 Å². The van der Waals surface area contributed by atoms with Gasteiger partial charge in [-0.2, -0.15) is 0 Å². The number of amides is 2. The van der Waals surface area contributed by atoms with Gasteiger partial charge in [0.05, 0.1) is 24.5 Å². The third-order valence-electron chi connectivity index (χ3n) is 18.4.